The molecule has 0 aromatic carbocycles. The van der Waals surface area contributed by atoms with E-state index < -0.39 is 0 Å². The molecule has 0 spiro atoms. The molecule has 1 saturated carbocycles. The summed E-state index contributed by atoms with van der Waals surface area (Å²) in [5.41, 5.74) is 1.33. The van der Waals surface area contributed by atoms with Crippen molar-refractivity contribution in [3.8, 4) is 0 Å². The van der Waals surface area contributed by atoms with Crippen molar-refractivity contribution in [2.45, 2.75) is 90.8 Å². The van der Waals surface area contributed by atoms with Crippen LogP contribution in [-0.4, -0.2) is 80.3 Å². The minimum absolute atomic E-state index is 0.0215. The number of hydrogen-bond acceptors (Lipinski definition) is 4. The first-order valence-corrected chi connectivity index (χ1v) is 15.2. The van der Waals surface area contributed by atoms with Gasteiger partial charge in [0.05, 0.1) is 18.6 Å². The van der Waals surface area contributed by atoms with E-state index in [0.717, 1.165) is 58.3 Å². The molecule has 37 heavy (non-hydrogen) atoms. The summed E-state index contributed by atoms with van der Waals surface area (Å²) in [6.07, 6.45) is 12.8. The summed E-state index contributed by atoms with van der Waals surface area (Å²) in [5, 5.41) is 5.78. The predicted molar refractivity (Wildman–Crippen MR) is 147 cm³/mol. The number of piperidine rings is 1. The van der Waals surface area contributed by atoms with Crippen LogP contribution in [0.15, 0.2) is 11.6 Å². The van der Waals surface area contributed by atoms with E-state index in [-0.39, 0.29) is 17.9 Å². The van der Waals surface area contributed by atoms with Crippen molar-refractivity contribution in [2.24, 2.45) is 29.6 Å². The van der Waals surface area contributed by atoms with Crippen molar-refractivity contribution in [1.29, 1.82) is 0 Å². The van der Waals surface area contributed by atoms with Crippen LogP contribution in [0.25, 0.3) is 0 Å². The monoisotopic (exact) mass is 517 g/mol. The maximum atomic E-state index is 13.3. The van der Waals surface area contributed by atoms with E-state index in [1.165, 1.54) is 31.4 Å². The molecule has 2 aliphatic carbocycles. The van der Waals surface area contributed by atoms with Crippen molar-refractivity contribution >= 4 is 11.8 Å². The van der Waals surface area contributed by atoms with Crippen LogP contribution in [0.4, 0.5) is 0 Å². The van der Waals surface area contributed by atoms with Gasteiger partial charge >= 0.3 is 0 Å². The maximum Gasteiger partial charge on any atom is 0.225 e. The van der Waals surface area contributed by atoms with Crippen LogP contribution >= 0.6 is 0 Å². The Balaban J connectivity index is 1.29. The largest absolute Gasteiger partial charge is 0.381 e. The van der Waals surface area contributed by atoms with Gasteiger partial charge < -0.3 is 20.3 Å². The zero-order chi connectivity index (χ0) is 26.4. The molecule has 6 atom stereocenters. The zero-order valence-electron chi connectivity index (χ0n) is 23.9. The van der Waals surface area contributed by atoms with Crippen LogP contribution in [0.2, 0.25) is 0 Å². The fourth-order valence-corrected chi connectivity index (χ4v) is 7.44. The van der Waals surface area contributed by atoms with Crippen molar-refractivity contribution in [3.05, 3.63) is 11.6 Å². The van der Waals surface area contributed by atoms with Crippen molar-refractivity contribution in [1.82, 2.24) is 15.1 Å². The molecule has 7 heteroatoms. The SMILES string of the molecule is COC1CCCCC1C(=O)NCC1C=C(C)C(CC(=O)N2CCN(C3CCCC[NH2+]3)CC2)CC1C(C)C. The van der Waals surface area contributed by atoms with E-state index in [1.54, 1.807) is 7.11 Å². The Bertz CT molecular complexity index is 786. The molecule has 7 nitrogen and oxygen atoms in total. The van der Waals surface area contributed by atoms with Gasteiger partial charge in [0.1, 0.15) is 6.17 Å². The quantitative estimate of drug-likeness (QED) is 0.486. The number of carbonyl (C=O) groups excluding carboxylic acids is 2. The zero-order valence-corrected chi connectivity index (χ0v) is 23.9. The van der Waals surface area contributed by atoms with E-state index in [2.05, 4.69) is 47.3 Å². The molecule has 4 rings (SSSR count). The van der Waals surface area contributed by atoms with Gasteiger partial charge in [-0.1, -0.05) is 38.3 Å². The molecular formula is C30H53N4O3+. The van der Waals surface area contributed by atoms with Gasteiger partial charge in [-0.15, -0.1) is 0 Å². The van der Waals surface area contributed by atoms with Gasteiger partial charge in [-0.3, -0.25) is 14.5 Å². The smallest absolute Gasteiger partial charge is 0.225 e. The summed E-state index contributed by atoms with van der Waals surface area (Å²) < 4.78 is 5.62. The molecule has 2 saturated heterocycles. The molecule has 2 heterocycles. The molecule has 0 aromatic rings. The molecule has 4 aliphatic rings. The van der Waals surface area contributed by atoms with E-state index >= 15 is 0 Å². The summed E-state index contributed by atoms with van der Waals surface area (Å²) in [6.45, 7) is 12.4. The van der Waals surface area contributed by atoms with Crippen LogP contribution in [0.3, 0.4) is 0 Å². The molecule has 3 fully saturated rings. The number of piperazine rings is 1. The van der Waals surface area contributed by atoms with E-state index in [9.17, 15) is 9.59 Å². The summed E-state index contributed by atoms with van der Waals surface area (Å²) in [6, 6.07) is 0. The van der Waals surface area contributed by atoms with Gasteiger partial charge in [-0.25, -0.2) is 0 Å². The molecule has 2 aliphatic heterocycles. The Morgan fingerprint density at radius 2 is 1.81 bits per heavy atom. The number of nitrogens with zero attached hydrogens (tertiary/aromatic N) is 2. The fourth-order valence-electron chi connectivity index (χ4n) is 7.44. The van der Waals surface area contributed by atoms with Gasteiger partial charge in [0.2, 0.25) is 11.8 Å². The standard InChI is InChI=1S/C30H52N4O3/c1-21(2)26-18-23(19-29(35)34-15-13-33(14-16-34)28-11-7-8-12-31-28)22(3)17-24(26)20-32-30(36)25-9-5-6-10-27(25)37-4/h17,21,23-28,31H,5-16,18-20H2,1-4H3,(H,32,36)/p+1. The van der Waals surface area contributed by atoms with Gasteiger partial charge in [-0.2, -0.15) is 0 Å². The average Bonchev–Trinajstić information content (AvgIpc) is 2.93. The van der Waals surface area contributed by atoms with Crippen LogP contribution in [0, 0.1) is 29.6 Å². The lowest BCUT2D eigenvalue weighted by molar-refractivity contribution is -0.717. The second-order valence-electron chi connectivity index (χ2n) is 12.5. The van der Waals surface area contributed by atoms with E-state index in [1.807, 2.05) is 0 Å². The number of ether oxygens (including phenoxy) is 1. The first kappa shape index (κ1) is 28.6. The number of nitrogens with one attached hydrogen (secondary N) is 1. The number of hydrogen-bond donors (Lipinski definition) is 2. The number of quaternary nitrogens is 1. The maximum absolute atomic E-state index is 13.3. The topological polar surface area (TPSA) is 78.5 Å². The highest BCUT2D eigenvalue weighted by molar-refractivity contribution is 5.79. The van der Waals surface area contributed by atoms with Crippen LogP contribution < -0.4 is 10.6 Å². The van der Waals surface area contributed by atoms with Gasteiger partial charge in [0.15, 0.2) is 0 Å². The number of nitrogens with two attached hydrogens (primary N) is 1. The van der Waals surface area contributed by atoms with Crippen molar-refractivity contribution < 1.29 is 19.6 Å². The minimum Gasteiger partial charge on any atom is -0.381 e. The lowest BCUT2D eigenvalue weighted by atomic mass is 9.69. The lowest BCUT2D eigenvalue weighted by Gasteiger charge is -2.40. The third-order valence-corrected chi connectivity index (χ3v) is 9.89. The Morgan fingerprint density at radius 1 is 1.08 bits per heavy atom. The number of allylic oxidation sites excluding steroid dienone is 1. The van der Waals surface area contributed by atoms with Crippen LogP contribution in [0.1, 0.15) is 78.6 Å². The minimum atomic E-state index is -0.0215. The molecule has 6 unspecified atom stereocenters. The number of carbonyl (C=O) groups is 2. The summed E-state index contributed by atoms with van der Waals surface area (Å²) in [4.78, 5) is 31.0. The van der Waals surface area contributed by atoms with Gasteiger partial charge in [0, 0.05) is 52.7 Å². The highest BCUT2D eigenvalue weighted by atomic mass is 16.5. The van der Waals surface area contributed by atoms with E-state index in [0.29, 0.717) is 48.7 Å². The van der Waals surface area contributed by atoms with Crippen LogP contribution in [-0.2, 0) is 14.3 Å². The molecule has 0 bridgehead atoms. The highest BCUT2D eigenvalue weighted by Gasteiger charge is 2.36. The Morgan fingerprint density at radius 3 is 2.49 bits per heavy atom. The van der Waals surface area contributed by atoms with E-state index in [4.69, 9.17) is 4.74 Å². The number of methoxy groups -OCH3 is 1. The first-order valence-electron chi connectivity index (χ1n) is 15.2. The average molecular weight is 518 g/mol. The van der Waals surface area contributed by atoms with Gasteiger partial charge in [-0.05, 0) is 62.7 Å². The molecule has 0 radical (unpaired) electrons. The summed E-state index contributed by atoms with van der Waals surface area (Å²) in [5.74, 6) is 2.09. The predicted octanol–water partition coefficient (Wildman–Crippen LogP) is 2.77. The summed E-state index contributed by atoms with van der Waals surface area (Å²) >= 11 is 0. The third kappa shape index (κ3) is 7.36. The Kier molecular flexibility index (Phi) is 10.5. The normalized spacial score (nSPS) is 33.8. The Hall–Kier alpha value is -1.44. The fraction of sp³-hybridized carbons (Fsp3) is 0.867. The molecule has 0 aromatic heterocycles. The van der Waals surface area contributed by atoms with Gasteiger partial charge in [0.25, 0.3) is 0 Å². The second-order valence-corrected chi connectivity index (χ2v) is 12.5. The molecular weight excluding hydrogens is 464 g/mol. The third-order valence-electron chi connectivity index (χ3n) is 9.89. The molecule has 210 valence electrons. The van der Waals surface area contributed by atoms with Crippen LogP contribution in [0.5, 0.6) is 0 Å². The second kappa shape index (κ2) is 13.6. The molecule has 3 N–H and O–H groups in total. The lowest BCUT2D eigenvalue weighted by Crippen LogP contribution is -2.95. The van der Waals surface area contributed by atoms with Crippen molar-refractivity contribution in [3.63, 3.8) is 0 Å². The summed E-state index contributed by atoms with van der Waals surface area (Å²) in [7, 11) is 1.73. The number of rotatable bonds is 8. The highest BCUT2D eigenvalue weighted by Crippen LogP contribution is 2.39. The first-order chi connectivity index (χ1) is 17.9. The molecule has 2 amide bonds. The Labute approximate surface area is 225 Å². The number of amides is 2. The van der Waals surface area contributed by atoms with Crippen molar-refractivity contribution in [2.75, 3.05) is 46.4 Å².